The molecule has 0 aliphatic heterocycles. The number of aryl methyl sites for hydroxylation is 1. The number of hydrogen-bond acceptors (Lipinski definition) is 4. The van der Waals surface area contributed by atoms with Crippen LogP contribution in [0.2, 0.25) is 0 Å². The van der Waals surface area contributed by atoms with E-state index < -0.39 is 0 Å². The topological polar surface area (TPSA) is 51.2 Å². The molecule has 4 nitrogen and oxygen atoms in total. The van der Waals surface area contributed by atoms with Crippen LogP contribution in [0.15, 0.2) is 29.6 Å². The highest BCUT2D eigenvalue weighted by Crippen LogP contribution is 2.34. The van der Waals surface area contributed by atoms with Gasteiger partial charge in [0.25, 0.3) is 0 Å². The standard InChI is InChI=1S/C18H22N2O2S/c1-13-20-16(12-23-13)15-6-3-5-14(9-15)10-19-17(21)11-22-18(2)7-4-8-18/h3,5-6,9,12H,4,7-8,10-11H2,1-2H3,(H,19,21). The van der Waals surface area contributed by atoms with Gasteiger partial charge in [-0.25, -0.2) is 4.98 Å². The molecule has 0 atom stereocenters. The minimum Gasteiger partial charge on any atom is -0.365 e. The largest absolute Gasteiger partial charge is 0.365 e. The van der Waals surface area contributed by atoms with Crippen molar-refractivity contribution in [2.24, 2.45) is 0 Å². The molecule has 1 heterocycles. The van der Waals surface area contributed by atoms with Crippen molar-refractivity contribution in [3.8, 4) is 11.3 Å². The van der Waals surface area contributed by atoms with Crippen LogP contribution >= 0.6 is 11.3 Å². The van der Waals surface area contributed by atoms with Gasteiger partial charge >= 0.3 is 0 Å². The minimum absolute atomic E-state index is 0.0620. The lowest BCUT2D eigenvalue weighted by atomic mass is 9.82. The molecule has 1 saturated carbocycles. The lowest BCUT2D eigenvalue weighted by molar-refractivity contribution is -0.139. The highest BCUT2D eigenvalue weighted by Gasteiger charge is 2.33. The Morgan fingerprint density at radius 1 is 1.43 bits per heavy atom. The van der Waals surface area contributed by atoms with Gasteiger partial charge in [0.1, 0.15) is 6.61 Å². The number of rotatable bonds is 6. The molecule has 1 aromatic heterocycles. The number of thiazole rings is 1. The second kappa shape index (κ2) is 6.81. The number of benzene rings is 1. The maximum atomic E-state index is 11.9. The summed E-state index contributed by atoms with van der Waals surface area (Å²) in [6.45, 7) is 4.72. The molecule has 1 fully saturated rings. The summed E-state index contributed by atoms with van der Waals surface area (Å²) in [6, 6.07) is 8.12. The summed E-state index contributed by atoms with van der Waals surface area (Å²) >= 11 is 1.64. The van der Waals surface area contributed by atoms with E-state index in [0.717, 1.165) is 34.7 Å². The van der Waals surface area contributed by atoms with E-state index in [1.54, 1.807) is 11.3 Å². The van der Waals surface area contributed by atoms with E-state index in [2.05, 4.69) is 28.7 Å². The second-order valence-electron chi connectivity index (χ2n) is 6.32. The van der Waals surface area contributed by atoms with Crippen LogP contribution in [0, 0.1) is 6.92 Å². The Labute approximate surface area is 140 Å². The minimum atomic E-state index is -0.0836. The van der Waals surface area contributed by atoms with E-state index in [1.807, 2.05) is 25.1 Å². The monoisotopic (exact) mass is 330 g/mol. The molecule has 1 aliphatic carbocycles. The van der Waals surface area contributed by atoms with Crippen molar-refractivity contribution < 1.29 is 9.53 Å². The van der Waals surface area contributed by atoms with E-state index in [9.17, 15) is 4.79 Å². The van der Waals surface area contributed by atoms with Crippen LogP contribution in [0.3, 0.4) is 0 Å². The first kappa shape index (κ1) is 16.1. The SMILES string of the molecule is Cc1nc(-c2cccc(CNC(=O)COC3(C)CCC3)c2)cs1. The molecular formula is C18H22N2O2S. The predicted octanol–water partition coefficient (Wildman–Crippen LogP) is 3.69. The molecule has 23 heavy (non-hydrogen) atoms. The molecule has 1 amide bonds. The molecule has 1 N–H and O–H groups in total. The van der Waals surface area contributed by atoms with Crippen LogP contribution < -0.4 is 5.32 Å². The zero-order chi connectivity index (χ0) is 16.3. The van der Waals surface area contributed by atoms with Crippen LogP contribution in [0.1, 0.15) is 36.8 Å². The second-order valence-corrected chi connectivity index (χ2v) is 7.38. The lowest BCUT2D eigenvalue weighted by Gasteiger charge is -2.37. The highest BCUT2D eigenvalue weighted by molar-refractivity contribution is 7.09. The molecule has 3 rings (SSSR count). The third kappa shape index (κ3) is 4.18. The molecule has 1 aliphatic rings. The van der Waals surface area contributed by atoms with Gasteiger partial charge in [-0.15, -0.1) is 11.3 Å². The Bertz CT molecular complexity index is 692. The van der Waals surface area contributed by atoms with Crippen LogP contribution in [-0.4, -0.2) is 23.1 Å². The van der Waals surface area contributed by atoms with Crippen molar-refractivity contribution >= 4 is 17.2 Å². The summed E-state index contributed by atoms with van der Waals surface area (Å²) in [5.74, 6) is -0.0620. The predicted molar refractivity (Wildman–Crippen MR) is 92.3 cm³/mol. The fraction of sp³-hybridized carbons (Fsp3) is 0.444. The summed E-state index contributed by atoms with van der Waals surface area (Å²) in [5.41, 5.74) is 3.05. The van der Waals surface area contributed by atoms with Crippen LogP contribution in [0.25, 0.3) is 11.3 Å². The Balaban J connectivity index is 1.53. The normalized spacial score (nSPS) is 15.9. The first-order valence-corrected chi connectivity index (χ1v) is 8.84. The van der Waals surface area contributed by atoms with Crippen LogP contribution in [0.4, 0.5) is 0 Å². The average molecular weight is 330 g/mol. The van der Waals surface area contributed by atoms with Gasteiger partial charge in [-0.05, 0) is 44.7 Å². The van der Waals surface area contributed by atoms with E-state index in [4.69, 9.17) is 4.74 Å². The maximum Gasteiger partial charge on any atom is 0.246 e. The van der Waals surface area contributed by atoms with E-state index >= 15 is 0 Å². The highest BCUT2D eigenvalue weighted by atomic mass is 32.1. The molecule has 0 saturated heterocycles. The van der Waals surface area contributed by atoms with Gasteiger partial charge in [-0.3, -0.25) is 4.79 Å². The average Bonchev–Trinajstić information content (AvgIpc) is 2.96. The molecule has 5 heteroatoms. The van der Waals surface area contributed by atoms with E-state index in [0.29, 0.717) is 6.54 Å². The fourth-order valence-electron chi connectivity index (χ4n) is 2.65. The van der Waals surface area contributed by atoms with Gasteiger partial charge in [-0.1, -0.05) is 18.2 Å². The van der Waals surface area contributed by atoms with Gasteiger partial charge < -0.3 is 10.1 Å². The molecule has 1 aromatic carbocycles. The first-order valence-electron chi connectivity index (χ1n) is 7.96. The van der Waals surface area contributed by atoms with Crippen LogP contribution in [-0.2, 0) is 16.1 Å². The first-order chi connectivity index (χ1) is 11.0. The Kier molecular flexibility index (Phi) is 4.78. The summed E-state index contributed by atoms with van der Waals surface area (Å²) in [5, 5.41) is 6.03. The van der Waals surface area contributed by atoms with Crippen molar-refractivity contribution in [2.75, 3.05) is 6.61 Å². The lowest BCUT2D eigenvalue weighted by Crippen LogP contribution is -2.40. The molecular weight excluding hydrogens is 308 g/mol. The summed E-state index contributed by atoms with van der Waals surface area (Å²) in [4.78, 5) is 16.4. The van der Waals surface area contributed by atoms with E-state index in [1.165, 1.54) is 6.42 Å². The number of nitrogens with zero attached hydrogens (tertiary/aromatic N) is 1. The molecule has 0 unspecified atom stereocenters. The third-order valence-electron chi connectivity index (χ3n) is 4.29. The van der Waals surface area contributed by atoms with Crippen molar-refractivity contribution in [3.63, 3.8) is 0 Å². The number of aromatic nitrogens is 1. The molecule has 2 aromatic rings. The van der Waals surface area contributed by atoms with Gasteiger partial charge in [0.2, 0.25) is 5.91 Å². The molecule has 0 bridgehead atoms. The summed E-state index contributed by atoms with van der Waals surface area (Å²) in [6.07, 6.45) is 3.30. The smallest absolute Gasteiger partial charge is 0.246 e. The zero-order valence-corrected chi connectivity index (χ0v) is 14.4. The Hall–Kier alpha value is -1.72. The number of carbonyl (C=O) groups excluding carboxylic acids is 1. The quantitative estimate of drug-likeness (QED) is 0.879. The maximum absolute atomic E-state index is 11.9. The van der Waals surface area contributed by atoms with Gasteiger partial charge in [-0.2, -0.15) is 0 Å². The summed E-state index contributed by atoms with van der Waals surface area (Å²) < 4.78 is 5.69. The Morgan fingerprint density at radius 3 is 2.91 bits per heavy atom. The fourth-order valence-corrected chi connectivity index (χ4v) is 3.27. The third-order valence-corrected chi connectivity index (χ3v) is 5.07. The van der Waals surface area contributed by atoms with Gasteiger partial charge in [0.15, 0.2) is 0 Å². The van der Waals surface area contributed by atoms with E-state index in [-0.39, 0.29) is 18.1 Å². The number of nitrogens with one attached hydrogen (secondary N) is 1. The molecule has 0 spiro atoms. The van der Waals surface area contributed by atoms with Crippen molar-refractivity contribution in [2.45, 2.75) is 45.3 Å². The van der Waals surface area contributed by atoms with Gasteiger partial charge in [0.05, 0.1) is 16.3 Å². The van der Waals surface area contributed by atoms with Crippen molar-refractivity contribution in [3.05, 3.63) is 40.2 Å². The zero-order valence-electron chi connectivity index (χ0n) is 13.6. The number of ether oxygens (including phenoxy) is 1. The number of amides is 1. The summed E-state index contributed by atoms with van der Waals surface area (Å²) in [7, 11) is 0. The van der Waals surface area contributed by atoms with Gasteiger partial charge in [0, 0.05) is 17.5 Å². The number of carbonyl (C=O) groups is 1. The van der Waals surface area contributed by atoms with Crippen LogP contribution in [0.5, 0.6) is 0 Å². The molecule has 122 valence electrons. The molecule has 0 radical (unpaired) electrons. The van der Waals surface area contributed by atoms with Crippen molar-refractivity contribution in [1.82, 2.24) is 10.3 Å². The van der Waals surface area contributed by atoms with Crippen molar-refractivity contribution in [1.29, 1.82) is 0 Å². The Morgan fingerprint density at radius 2 is 2.26 bits per heavy atom. The number of hydrogen-bond donors (Lipinski definition) is 1.